The molecule has 0 radical (unpaired) electrons. The van der Waals surface area contributed by atoms with Crippen molar-refractivity contribution in [1.29, 1.82) is 0 Å². The van der Waals surface area contributed by atoms with Crippen molar-refractivity contribution in [1.82, 2.24) is 10.2 Å². The van der Waals surface area contributed by atoms with Crippen molar-refractivity contribution in [2.24, 2.45) is 4.99 Å². The Morgan fingerprint density at radius 1 is 0.960 bits per heavy atom. The highest BCUT2D eigenvalue weighted by Gasteiger charge is 2.21. The third kappa shape index (κ3) is 3.79. The molecule has 3 aromatic carbocycles. The number of aliphatic imine (C=N–C) groups is 1. The van der Waals surface area contributed by atoms with E-state index in [1.165, 1.54) is 21.9 Å². The highest BCUT2D eigenvalue weighted by Crippen LogP contribution is 2.21. The summed E-state index contributed by atoms with van der Waals surface area (Å²) in [4.78, 5) is 6.90. The highest BCUT2D eigenvalue weighted by atomic mass is 127. The van der Waals surface area contributed by atoms with Crippen LogP contribution in [0.15, 0.2) is 77.8 Å². The lowest BCUT2D eigenvalue weighted by Crippen LogP contribution is -2.36. The maximum Gasteiger partial charge on any atom is 0.194 e. The van der Waals surface area contributed by atoms with Crippen LogP contribution in [0.4, 0.5) is 0 Å². The van der Waals surface area contributed by atoms with Gasteiger partial charge >= 0.3 is 0 Å². The quantitative estimate of drug-likeness (QED) is 0.600. The number of hydrogen-bond donors (Lipinski definition) is 1. The van der Waals surface area contributed by atoms with Crippen molar-refractivity contribution in [3.63, 3.8) is 0 Å². The minimum absolute atomic E-state index is 0. The largest absolute Gasteiger partial charge is 0.348 e. The summed E-state index contributed by atoms with van der Waals surface area (Å²) < 4.78 is 0. The van der Waals surface area contributed by atoms with Gasteiger partial charge < -0.3 is 10.2 Å². The fourth-order valence-electron chi connectivity index (χ4n) is 3.29. The Balaban J connectivity index is 0.00000182. The lowest BCUT2D eigenvalue weighted by Gasteiger charge is -2.22. The molecule has 0 aliphatic carbocycles. The molecule has 1 heterocycles. The molecule has 4 heteroatoms. The third-order valence-electron chi connectivity index (χ3n) is 4.58. The molecule has 0 spiro atoms. The standard InChI is InChI=1S/C21H21N3.HI/c1-24(15-18-12-7-11-16-8-5-6-13-19(16)18)21-22-14-20(23-21)17-9-3-2-4-10-17;/h2-13,20H,14-15H2,1H3,(H,22,23);1H. The molecule has 1 N–H and O–H groups in total. The van der Waals surface area contributed by atoms with Crippen LogP contribution in [0.25, 0.3) is 10.8 Å². The molecule has 0 saturated carbocycles. The molecule has 0 fully saturated rings. The maximum absolute atomic E-state index is 4.70. The second-order valence-electron chi connectivity index (χ2n) is 6.27. The molecule has 0 bridgehead atoms. The van der Waals surface area contributed by atoms with Gasteiger partial charge in [0.25, 0.3) is 0 Å². The zero-order chi connectivity index (χ0) is 16.4. The maximum atomic E-state index is 4.70. The summed E-state index contributed by atoms with van der Waals surface area (Å²) in [6.45, 7) is 1.63. The average molecular weight is 443 g/mol. The van der Waals surface area contributed by atoms with Crippen LogP contribution in [-0.4, -0.2) is 24.5 Å². The highest BCUT2D eigenvalue weighted by molar-refractivity contribution is 14.0. The number of hydrogen-bond acceptors (Lipinski definition) is 3. The lowest BCUT2D eigenvalue weighted by atomic mass is 10.0. The van der Waals surface area contributed by atoms with Gasteiger partial charge in [0.1, 0.15) is 0 Å². The van der Waals surface area contributed by atoms with E-state index in [4.69, 9.17) is 4.99 Å². The summed E-state index contributed by atoms with van der Waals surface area (Å²) in [7, 11) is 2.10. The van der Waals surface area contributed by atoms with E-state index >= 15 is 0 Å². The number of nitrogens with zero attached hydrogens (tertiary/aromatic N) is 2. The van der Waals surface area contributed by atoms with Gasteiger partial charge in [-0.3, -0.25) is 4.99 Å². The molecular formula is C21H22IN3. The molecule has 4 rings (SSSR count). The fraction of sp³-hybridized carbons (Fsp3) is 0.190. The molecule has 1 unspecified atom stereocenters. The van der Waals surface area contributed by atoms with Crippen LogP contribution in [0.2, 0.25) is 0 Å². The first-order chi connectivity index (χ1) is 11.8. The Morgan fingerprint density at radius 3 is 2.52 bits per heavy atom. The molecule has 3 aromatic rings. The van der Waals surface area contributed by atoms with Gasteiger partial charge in [0.2, 0.25) is 0 Å². The van der Waals surface area contributed by atoms with Crippen molar-refractivity contribution < 1.29 is 0 Å². The van der Waals surface area contributed by atoms with Gasteiger partial charge in [-0.05, 0) is 21.9 Å². The predicted octanol–water partition coefficient (Wildman–Crippen LogP) is 4.59. The van der Waals surface area contributed by atoms with Crippen LogP contribution in [0.1, 0.15) is 17.2 Å². The van der Waals surface area contributed by atoms with E-state index in [0.717, 1.165) is 19.0 Å². The third-order valence-corrected chi connectivity index (χ3v) is 4.58. The van der Waals surface area contributed by atoms with Crippen molar-refractivity contribution >= 4 is 40.7 Å². The zero-order valence-electron chi connectivity index (χ0n) is 14.2. The molecule has 128 valence electrons. The summed E-state index contributed by atoms with van der Waals surface area (Å²) in [5.41, 5.74) is 2.61. The molecule has 1 atom stereocenters. The monoisotopic (exact) mass is 443 g/mol. The summed E-state index contributed by atoms with van der Waals surface area (Å²) in [6, 6.07) is 25.8. The average Bonchev–Trinajstić information content (AvgIpc) is 3.13. The first-order valence-corrected chi connectivity index (χ1v) is 8.35. The molecule has 0 saturated heterocycles. The van der Waals surface area contributed by atoms with E-state index in [1.54, 1.807) is 0 Å². The minimum atomic E-state index is 0. The Bertz CT molecular complexity index is 871. The molecule has 1 aliphatic rings. The first-order valence-electron chi connectivity index (χ1n) is 8.35. The Hall–Kier alpha value is -2.08. The second-order valence-corrected chi connectivity index (χ2v) is 6.27. The zero-order valence-corrected chi connectivity index (χ0v) is 16.6. The van der Waals surface area contributed by atoms with E-state index in [2.05, 4.69) is 84.0 Å². The van der Waals surface area contributed by atoms with Crippen molar-refractivity contribution in [2.75, 3.05) is 13.6 Å². The van der Waals surface area contributed by atoms with Crippen LogP contribution < -0.4 is 5.32 Å². The fourth-order valence-corrected chi connectivity index (χ4v) is 3.29. The van der Waals surface area contributed by atoms with Gasteiger partial charge in [0.05, 0.1) is 12.6 Å². The van der Waals surface area contributed by atoms with E-state index in [-0.39, 0.29) is 30.0 Å². The Kier molecular flexibility index (Phi) is 5.58. The normalized spacial score (nSPS) is 16.0. The molecule has 25 heavy (non-hydrogen) atoms. The van der Waals surface area contributed by atoms with Crippen LogP contribution in [0.3, 0.4) is 0 Å². The smallest absolute Gasteiger partial charge is 0.194 e. The van der Waals surface area contributed by atoms with E-state index < -0.39 is 0 Å². The summed E-state index contributed by atoms with van der Waals surface area (Å²) in [6.07, 6.45) is 0. The minimum Gasteiger partial charge on any atom is -0.348 e. The number of guanidine groups is 1. The van der Waals surface area contributed by atoms with Crippen LogP contribution in [0, 0.1) is 0 Å². The number of fused-ring (bicyclic) bond motifs is 1. The second kappa shape index (κ2) is 7.87. The van der Waals surface area contributed by atoms with Crippen molar-refractivity contribution in [2.45, 2.75) is 12.6 Å². The Morgan fingerprint density at radius 2 is 1.68 bits per heavy atom. The van der Waals surface area contributed by atoms with Gasteiger partial charge in [-0.2, -0.15) is 0 Å². The topological polar surface area (TPSA) is 27.6 Å². The first kappa shape index (κ1) is 17.7. The van der Waals surface area contributed by atoms with Crippen molar-refractivity contribution in [3.05, 3.63) is 83.9 Å². The van der Waals surface area contributed by atoms with E-state index in [0.29, 0.717) is 0 Å². The molecule has 0 amide bonds. The van der Waals surface area contributed by atoms with Gasteiger partial charge in [-0.1, -0.05) is 72.8 Å². The van der Waals surface area contributed by atoms with Gasteiger partial charge in [0.15, 0.2) is 5.96 Å². The van der Waals surface area contributed by atoms with E-state index in [1.807, 2.05) is 6.07 Å². The van der Waals surface area contributed by atoms with Crippen molar-refractivity contribution in [3.8, 4) is 0 Å². The summed E-state index contributed by atoms with van der Waals surface area (Å²) in [5, 5.41) is 6.15. The number of nitrogens with one attached hydrogen (secondary N) is 1. The van der Waals surface area contributed by atoms with Gasteiger partial charge in [0, 0.05) is 13.6 Å². The SMILES string of the molecule is CN(Cc1cccc2ccccc12)C1=NCC(c2ccccc2)N1.I. The number of halogens is 1. The summed E-state index contributed by atoms with van der Waals surface area (Å²) >= 11 is 0. The van der Waals surface area contributed by atoms with E-state index in [9.17, 15) is 0 Å². The van der Waals surface area contributed by atoms with Crippen LogP contribution in [0.5, 0.6) is 0 Å². The molecule has 0 aromatic heterocycles. The van der Waals surface area contributed by atoms with Gasteiger partial charge in [-0.25, -0.2) is 0 Å². The van der Waals surface area contributed by atoms with Crippen LogP contribution in [-0.2, 0) is 6.54 Å². The molecule has 3 nitrogen and oxygen atoms in total. The number of rotatable bonds is 3. The molecular weight excluding hydrogens is 421 g/mol. The van der Waals surface area contributed by atoms with Crippen LogP contribution >= 0.6 is 24.0 Å². The summed E-state index contributed by atoms with van der Waals surface area (Å²) in [5.74, 6) is 0.969. The lowest BCUT2D eigenvalue weighted by molar-refractivity contribution is 0.482. The Labute approximate surface area is 165 Å². The van der Waals surface area contributed by atoms with Gasteiger partial charge in [-0.15, -0.1) is 24.0 Å². The number of benzene rings is 3. The molecule has 1 aliphatic heterocycles. The predicted molar refractivity (Wildman–Crippen MR) is 115 cm³/mol.